The van der Waals surface area contributed by atoms with Crippen molar-refractivity contribution in [2.24, 2.45) is 0 Å². The molecule has 0 bridgehead atoms. The minimum Gasteiger partial charge on any atom is -0.362 e. The summed E-state index contributed by atoms with van der Waals surface area (Å²) in [6.45, 7) is 8.91. The number of rotatable bonds is 5. The SMILES string of the molecule is O=C(C1CSC(c2cccnc2)N1)N1CCN(CCN2CCN3c4ccccc4Cc4ccccc4C3C2)CC1. The summed E-state index contributed by atoms with van der Waals surface area (Å²) in [5, 5.41) is 3.68. The van der Waals surface area contributed by atoms with Gasteiger partial charge in [0.15, 0.2) is 0 Å². The monoisotopic (exact) mass is 554 g/mol. The molecule has 3 aromatic rings. The first kappa shape index (κ1) is 26.0. The third-order valence-electron chi connectivity index (χ3n) is 9.04. The third kappa shape index (κ3) is 5.26. The number of aromatic nitrogens is 1. The van der Waals surface area contributed by atoms with E-state index in [0.29, 0.717) is 6.04 Å². The van der Waals surface area contributed by atoms with Crippen LogP contribution in [0.5, 0.6) is 0 Å². The van der Waals surface area contributed by atoms with Crippen LogP contribution in [-0.2, 0) is 11.2 Å². The molecule has 5 heterocycles. The molecule has 2 aromatic carbocycles. The zero-order chi connectivity index (χ0) is 26.9. The van der Waals surface area contributed by atoms with Crippen molar-refractivity contribution >= 4 is 23.4 Å². The number of anilines is 1. The Kier molecular flexibility index (Phi) is 7.50. The normalized spacial score (nSPS) is 25.1. The summed E-state index contributed by atoms with van der Waals surface area (Å²) in [4.78, 5) is 27.4. The van der Waals surface area contributed by atoms with Crippen LogP contribution >= 0.6 is 11.8 Å². The van der Waals surface area contributed by atoms with Crippen molar-refractivity contribution in [3.63, 3.8) is 0 Å². The first-order chi connectivity index (χ1) is 19.7. The number of hydrogen-bond acceptors (Lipinski definition) is 7. The maximum Gasteiger partial charge on any atom is 0.240 e. The Bertz CT molecular complexity index is 1330. The van der Waals surface area contributed by atoms with Gasteiger partial charge in [0.05, 0.1) is 17.5 Å². The number of benzene rings is 2. The molecule has 3 unspecified atom stereocenters. The Balaban J connectivity index is 0.921. The second-order valence-corrected chi connectivity index (χ2v) is 12.5. The first-order valence-electron chi connectivity index (χ1n) is 14.7. The van der Waals surface area contributed by atoms with Crippen LogP contribution in [-0.4, -0.2) is 96.3 Å². The topological polar surface area (TPSA) is 55.0 Å². The van der Waals surface area contributed by atoms with Crippen molar-refractivity contribution in [2.45, 2.75) is 23.9 Å². The van der Waals surface area contributed by atoms with E-state index in [0.717, 1.165) is 76.6 Å². The standard InChI is InChI=1S/C32H38N6OS/c39-32(28-23-40-31(34-28)26-8-5-11-33-21-26)37-17-14-35(15-18-37)12-13-36-16-19-38-29-10-4-2-7-25(29)20-24-6-1-3-9-27(24)30(38)22-36/h1-11,21,28,30-31,34H,12-20,22-23H2. The molecule has 1 amide bonds. The molecule has 4 aliphatic rings. The van der Waals surface area contributed by atoms with Gasteiger partial charge in [-0.15, -0.1) is 11.8 Å². The van der Waals surface area contributed by atoms with Gasteiger partial charge in [-0.3, -0.25) is 24.9 Å². The van der Waals surface area contributed by atoms with Crippen LogP contribution in [0, 0.1) is 0 Å². The van der Waals surface area contributed by atoms with Crippen molar-refractivity contribution in [1.29, 1.82) is 0 Å². The molecule has 0 aliphatic carbocycles. The highest BCUT2D eigenvalue weighted by Crippen LogP contribution is 2.39. The van der Waals surface area contributed by atoms with Gasteiger partial charge in [-0.1, -0.05) is 48.5 Å². The van der Waals surface area contributed by atoms with Crippen LogP contribution in [0.2, 0.25) is 0 Å². The first-order valence-corrected chi connectivity index (χ1v) is 15.7. The van der Waals surface area contributed by atoms with E-state index in [4.69, 9.17) is 0 Å². The van der Waals surface area contributed by atoms with Gasteiger partial charge in [0.1, 0.15) is 0 Å². The third-order valence-corrected chi connectivity index (χ3v) is 10.3. The van der Waals surface area contributed by atoms with Gasteiger partial charge in [0.2, 0.25) is 5.91 Å². The van der Waals surface area contributed by atoms with Crippen LogP contribution in [0.15, 0.2) is 73.1 Å². The lowest BCUT2D eigenvalue weighted by Crippen LogP contribution is -2.55. The molecule has 0 spiro atoms. The minimum atomic E-state index is -0.106. The lowest BCUT2D eigenvalue weighted by molar-refractivity contribution is -0.134. The molecule has 3 saturated heterocycles. The molecular formula is C32H38N6OS. The van der Waals surface area contributed by atoms with Gasteiger partial charge < -0.3 is 9.80 Å². The number of nitrogens with one attached hydrogen (secondary N) is 1. The van der Waals surface area contributed by atoms with E-state index in [2.05, 4.69) is 84.5 Å². The van der Waals surface area contributed by atoms with Crippen molar-refractivity contribution in [1.82, 2.24) is 25.0 Å². The maximum atomic E-state index is 13.2. The van der Waals surface area contributed by atoms with Crippen LogP contribution < -0.4 is 10.2 Å². The molecule has 3 atom stereocenters. The van der Waals surface area contributed by atoms with Gasteiger partial charge in [0.25, 0.3) is 0 Å². The Morgan fingerprint density at radius 3 is 2.50 bits per heavy atom. The molecule has 4 aliphatic heterocycles. The van der Waals surface area contributed by atoms with Crippen LogP contribution in [0.3, 0.4) is 0 Å². The van der Waals surface area contributed by atoms with Crippen LogP contribution in [0.25, 0.3) is 0 Å². The van der Waals surface area contributed by atoms with E-state index < -0.39 is 0 Å². The zero-order valence-electron chi connectivity index (χ0n) is 23.0. The molecule has 7 rings (SSSR count). The average molecular weight is 555 g/mol. The summed E-state index contributed by atoms with van der Waals surface area (Å²) in [5.41, 5.74) is 6.94. The summed E-state index contributed by atoms with van der Waals surface area (Å²) in [6.07, 6.45) is 4.70. The highest BCUT2D eigenvalue weighted by molar-refractivity contribution is 7.99. The summed E-state index contributed by atoms with van der Waals surface area (Å²) in [5.74, 6) is 1.07. The lowest BCUT2D eigenvalue weighted by Gasteiger charge is -2.44. The predicted octanol–water partition coefficient (Wildman–Crippen LogP) is 3.40. The molecule has 7 nitrogen and oxygen atoms in total. The van der Waals surface area contributed by atoms with Gasteiger partial charge in [-0.05, 0) is 40.8 Å². The Morgan fingerprint density at radius 1 is 0.875 bits per heavy atom. The van der Waals surface area contributed by atoms with Crippen molar-refractivity contribution in [3.05, 3.63) is 95.3 Å². The van der Waals surface area contributed by atoms with E-state index in [-0.39, 0.29) is 17.3 Å². The largest absolute Gasteiger partial charge is 0.362 e. The number of hydrogen-bond donors (Lipinski definition) is 1. The molecule has 0 radical (unpaired) electrons. The number of thioether (sulfide) groups is 1. The van der Waals surface area contributed by atoms with E-state index in [9.17, 15) is 4.79 Å². The second-order valence-electron chi connectivity index (χ2n) is 11.4. The summed E-state index contributed by atoms with van der Waals surface area (Å²) in [7, 11) is 0. The van der Waals surface area contributed by atoms with Gasteiger partial charge in [0, 0.05) is 82.7 Å². The van der Waals surface area contributed by atoms with Crippen molar-refractivity contribution in [2.75, 3.05) is 69.6 Å². The molecule has 1 N–H and O–H groups in total. The van der Waals surface area contributed by atoms with Gasteiger partial charge in [-0.25, -0.2) is 0 Å². The number of pyridine rings is 1. The number of piperazine rings is 2. The fourth-order valence-corrected chi connectivity index (χ4v) is 8.01. The van der Waals surface area contributed by atoms with Gasteiger partial charge >= 0.3 is 0 Å². The highest BCUT2D eigenvalue weighted by atomic mass is 32.2. The van der Waals surface area contributed by atoms with Crippen molar-refractivity contribution in [3.8, 4) is 0 Å². The maximum absolute atomic E-state index is 13.2. The number of carbonyl (C=O) groups is 1. The Hall–Kier alpha value is -2.91. The van der Waals surface area contributed by atoms with Crippen molar-refractivity contribution < 1.29 is 4.79 Å². The van der Waals surface area contributed by atoms with E-state index in [1.165, 1.54) is 22.4 Å². The highest BCUT2D eigenvalue weighted by Gasteiger charge is 2.35. The zero-order valence-corrected chi connectivity index (χ0v) is 23.8. The smallest absolute Gasteiger partial charge is 0.240 e. The van der Waals surface area contributed by atoms with Gasteiger partial charge in [-0.2, -0.15) is 0 Å². The summed E-state index contributed by atoms with van der Waals surface area (Å²) in [6, 6.07) is 22.3. The number of carbonyl (C=O) groups excluding carboxylic acids is 1. The quantitative estimate of drug-likeness (QED) is 0.519. The van der Waals surface area contributed by atoms with Crippen LogP contribution in [0.4, 0.5) is 5.69 Å². The summed E-state index contributed by atoms with van der Waals surface area (Å²) < 4.78 is 0. The molecule has 0 saturated carbocycles. The fourth-order valence-electron chi connectivity index (χ4n) is 6.80. The van der Waals surface area contributed by atoms with Crippen LogP contribution in [0.1, 0.15) is 33.7 Å². The fraction of sp³-hybridized carbons (Fsp3) is 0.438. The molecular weight excluding hydrogens is 516 g/mol. The van der Waals surface area contributed by atoms with E-state index in [1.807, 2.05) is 12.3 Å². The Morgan fingerprint density at radius 2 is 1.65 bits per heavy atom. The molecule has 40 heavy (non-hydrogen) atoms. The molecule has 208 valence electrons. The predicted molar refractivity (Wildman–Crippen MR) is 162 cm³/mol. The number of nitrogens with zero attached hydrogens (tertiary/aromatic N) is 5. The lowest BCUT2D eigenvalue weighted by atomic mass is 9.96. The van der Waals surface area contributed by atoms with E-state index in [1.54, 1.807) is 18.0 Å². The second kappa shape index (κ2) is 11.5. The number of para-hydroxylation sites is 1. The molecule has 1 aromatic heterocycles. The summed E-state index contributed by atoms with van der Waals surface area (Å²) >= 11 is 1.80. The minimum absolute atomic E-state index is 0.106. The molecule has 3 fully saturated rings. The number of amides is 1. The average Bonchev–Trinajstić information content (AvgIpc) is 3.46. The Labute approximate surface area is 241 Å². The number of fused-ring (bicyclic) bond motifs is 5. The molecule has 8 heteroatoms. The van der Waals surface area contributed by atoms with E-state index >= 15 is 0 Å².